The van der Waals surface area contributed by atoms with Crippen LogP contribution in [0.3, 0.4) is 0 Å². The molecule has 12 aromatic carbocycles. The van der Waals surface area contributed by atoms with Gasteiger partial charge in [-0.3, -0.25) is 0 Å². The summed E-state index contributed by atoms with van der Waals surface area (Å²) in [6, 6.07) is 90.3. The summed E-state index contributed by atoms with van der Waals surface area (Å²) in [5.74, 6) is 0. The number of benzene rings is 12. The zero-order valence-electron chi connectivity index (χ0n) is 39.4. The van der Waals surface area contributed by atoms with Crippen LogP contribution in [0.5, 0.6) is 0 Å². The number of hydrogen-bond acceptors (Lipinski definition) is 5. The van der Waals surface area contributed by atoms with E-state index in [0.29, 0.717) is 0 Å². The Balaban J connectivity index is 1.04. The summed E-state index contributed by atoms with van der Waals surface area (Å²) in [5, 5.41) is 10.4. The van der Waals surface area contributed by atoms with Crippen molar-refractivity contribution in [1.29, 1.82) is 0 Å². The summed E-state index contributed by atoms with van der Waals surface area (Å²) < 4.78 is 21.0. The van der Waals surface area contributed by atoms with Gasteiger partial charge in [-0.05, 0) is 82.9 Å². The second-order valence-corrected chi connectivity index (χ2v) is 18.7. The number of fused-ring (bicyclic) bond motifs is 13. The molecule has 0 N–H and O–H groups in total. The van der Waals surface area contributed by atoms with Crippen molar-refractivity contribution in [1.82, 2.24) is 0 Å². The number of hydrogen-bond donors (Lipinski definition) is 0. The number of para-hydroxylation sites is 4. The van der Waals surface area contributed by atoms with E-state index in [2.05, 4.69) is 252 Å². The molecule has 0 spiro atoms. The minimum Gasteiger partial charge on any atom is -0.455 e. The maximum absolute atomic E-state index is 7.27. The van der Waals surface area contributed by atoms with Gasteiger partial charge in [-0.2, -0.15) is 0 Å². The van der Waals surface area contributed by atoms with Crippen LogP contribution in [-0.4, -0.2) is 0 Å². The molecule has 3 heterocycles. The number of nitrogens with zero attached hydrogens (tertiary/aromatic N) is 2. The lowest BCUT2D eigenvalue weighted by atomic mass is 9.98. The molecule has 0 aliphatic carbocycles. The van der Waals surface area contributed by atoms with E-state index in [9.17, 15) is 0 Å². The molecule has 73 heavy (non-hydrogen) atoms. The lowest BCUT2D eigenvalue weighted by Gasteiger charge is -2.28. The summed E-state index contributed by atoms with van der Waals surface area (Å²) in [4.78, 5) is 4.76. The van der Waals surface area contributed by atoms with Crippen molar-refractivity contribution in [2.45, 2.75) is 0 Å². The smallest absolute Gasteiger partial charge is 0.159 e. The summed E-state index contributed by atoms with van der Waals surface area (Å²) in [6.45, 7) is 0. The number of furan rings is 3. The zero-order chi connectivity index (χ0) is 48.0. The SMILES string of the molecule is c1ccc(-c2cccc(N(c3cc4c5cc(N(c6cccc(-c7ccccc7)c6)c6cccc7c6oc6ccccc67)c6ccccc6c5oc4c4ccccc34)c3cccc4c3oc3ccccc34)c2)cc1. The van der Waals surface area contributed by atoms with Gasteiger partial charge in [-0.15, -0.1) is 0 Å². The van der Waals surface area contributed by atoms with Gasteiger partial charge in [-0.25, -0.2) is 0 Å². The van der Waals surface area contributed by atoms with Crippen LogP contribution < -0.4 is 9.80 Å². The van der Waals surface area contributed by atoms with Gasteiger partial charge in [0.1, 0.15) is 22.3 Å². The highest BCUT2D eigenvalue weighted by atomic mass is 16.3. The minimum atomic E-state index is 0.816. The van der Waals surface area contributed by atoms with Crippen molar-refractivity contribution in [3.63, 3.8) is 0 Å². The maximum Gasteiger partial charge on any atom is 0.159 e. The molecule has 0 atom stereocenters. The predicted octanol–water partition coefficient (Wildman–Crippen LogP) is 20.0. The first-order valence-corrected chi connectivity index (χ1v) is 24.7. The highest BCUT2D eigenvalue weighted by molar-refractivity contribution is 6.26. The highest BCUT2D eigenvalue weighted by Crippen LogP contribution is 2.51. The van der Waals surface area contributed by atoms with Crippen LogP contribution in [0.15, 0.2) is 268 Å². The molecule has 5 nitrogen and oxygen atoms in total. The Morgan fingerprint density at radius 1 is 0.205 bits per heavy atom. The summed E-state index contributed by atoms with van der Waals surface area (Å²) in [6.07, 6.45) is 0. The van der Waals surface area contributed by atoms with Crippen molar-refractivity contribution < 1.29 is 13.3 Å². The molecular weight excluding hydrogens is 893 g/mol. The first-order chi connectivity index (χ1) is 36.2. The van der Waals surface area contributed by atoms with Gasteiger partial charge in [0.05, 0.1) is 22.7 Å². The van der Waals surface area contributed by atoms with Crippen LogP contribution in [0.2, 0.25) is 0 Å². The second-order valence-electron chi connectivity index (χ2n) is 18.7. The van der Waals surface area contributed by atoms with Crippen LogP contribution in [0.1, 0.15) is 0 Å². The molecule has 0 saturated carbocycles. The highest BCUT2D eigenvalue weighted by Gasteiger charge is 2.27. The van der Waals surface area contributed by atoms with Gasteiger partial charge in [0.25, 0.3) is 0 Å². The van der Waals surface area contributed by atoms with Crippen LogP contribution in [0.4, 0.5) is 34.1 Å². The Bertz CT molecular complexity index is 4350. The number of anilines is 6. The maximum atomic E-state index is 7.27. The minimum absolute atomic E-state index is 0.816. The van der Waals surface area contributed by atoms with E-state index in [4.69, 9.17) is 13.3 Å². The Labute approximate surface area is 419 Å². The van der Waals surface area contributed by atoms with E-state index in [0.717, 1.165) is 144 Å². The molecule has 15 aromatic rings. The van der Waals surface area contributed by atoms with Gasteiger partial charge in [0.2, 0.25) is 0 Å². The molecule has 0 fully saturated rings. The summed E-state index contributed by atoms with van der Waals surface area (Å²) in [7, 11) is 0. The van der Waals surface area contributed by atoms with Gasteiger partial charge in [-0.1, -0.05) is 194 Å². The normalized spacial score (nSPS) is 11.8. The van der Waals surface area contributed by atoms with E-state index < -0.39 is 0 Å². The fraction of sp³-hybridized carbons (Fsp3) is 0. The lowest BCUT2D eigenvalue weighted by Crippen LogP contribution is -2.11. The molecule has 3 aromatic heterocycles. The Morgan fingerprint density at radius 3 is 1.00 bits per heavy atom. The second kappa shape index (κ2) is 16.4. The van der Waals surface area contributed by atoms with E-state index in [1.54, 1.807) is 0 Å². The van der Waals surface area contributed by atoms with E-state index in [1.807, 2.05) is 12.1 Å². The van der Waals surface area contributed by atoms with Crippen molar-refractivity contribution in [3.05, 3.63) is 255 Å². The van der Waals surface area contributed by atoms with Crippen LogP contribution in [-0.2, 0) is 0 Å². The third kappa shape index (κ3) is 6.49. The topological polar surface area (TPSA) is 45.9 Å². The largest absolute Gasteiger partial charge is 0.455 e. The quantitative estimate of drug-likeness (QED) is 0.152. The molecular formula is C68H42N2O3. The van der Waals surface area contributed by atoms with Crippen LogP contribution in [0, 0.1) is 0 Å². The third-order valence-corrected chi connectivity index (χ3v) is 14.6. The molecule has 5 heteroatoms. The van der Waals surface area contributed by atoms with Crippen LogP contribution in [0.25, 0.3) is 110 Å². The predicted molar refractivity (Wildman–Crippen MR) is 304 cm³/mol. The van der Waals surface area contributed by atoms with Crippen LogP contribution >= 0.6 is 0 Å². The van der Waals surface area contributed by atoms with E-state index in [1.165, 1.54) is 0 Å². The average molecular weight is 935 g/mol. The zero-order valence-corrected chi connectivity index (χ0v) is 39.4. The third-order valence-electron chi connectivity index (χ3n) is 14.6. The first kappa shape index (κ1) is 41.0. The monoisotopic (exact) mass is 934 g/mol. The molecule has 0 saturated heterocycles. The van der Waals surface area contributed by atoms with Gasteiger partial charge in [0.15, 0.2) is 11.2 Å². The first-order valence-electron chi connectivity index (χ1n) is 24.7. The molecule has 0 aliphatic rings. The van der Waals surface area contributed by atoms with Crippen molar-refractivity contribution in [3.8, 4) is 22.3 Å². The van der Waals surface area contributed by atoms with Gasteiger partial charge in [0, 0.05) is 65.2 Å². The number of rotatable bonds is 8. The van der Waals surface area contributed by atoms with Crippen molar-refractivity contribution in [2.75, 3.05) is 9.80 Å². The molecule has 0 bridgehead atoms. The molecule has 342 valence electrons. The Kier molecular flexibility index (Phi) is 9.19. The summed E-state index contributed by atoms with van der Waals surface area (Å²) in [5.41, 5.74) is 15.4. The van der Waals surface area contributed by atoms with E-state index >= 15 is 0 Å². The molecule has 15 rings (SSSR count). The molecule has 0 amide bonds. The molecule has 0 radical (unpaired) electrons. The standard InChI is InChI=1S/C68H42N2O3/c1-3-19-43(20-4-1)45-23-15-25-47(39-45)69(59-35-17-33-55-51-29-11-13-37-63(51)71-67(55)59)61-41-57-58-42-62(50-28-8-10-32-54(50)66(58)73-65(57)53-31-9-7-27-49(53)61)70(48-26-16-24-46(40-48)44-21-5-2-6-22-44)60-36-18-34-56-52-30-12-14-38-64(52)72-68(56)60/h1-42H. The lowest BCUT2D eigenvalue weighted by molar-refractivity contribution is 0.669. The average Bonchev–Trinajstić information content (AvgIpc) is 4.16. The fourth-order valence-electron chi connectivity index (χ4n) is 11.3. The Morgan fingerprint density at radius 2 is 0.548 bits per heavy atom. The summed E-state index contributed by atoms with van der Waals surface area (Å²) >= 11 is 0. The van der Waals surface area contributed by atoms with Crippen molar-refractivity contribution in [2.24, 2.45) is 0 Å². The fourth-order valence-corrected chi connectivity index (χ4v) is 11.3. The molecule has 0 aliphatic heterocycles. The molecule has 0 unspecified atom stereocenters. The van der Waals surface area contributed by atoms with E-state index in [-0.39, 0.29) is 0 Å². The Hall–Kier alpha value is -9.84. The van der Waals surface area contributed by atoms with Gasteiger partial charge >= 0.3 is 0 Å². The van der Waals surface area contributed by atoms with Gasteiger partial charge < -0.3 is 23.1 Å². The van der Waals surface area contributed by atoms with Crippen molar-refractivity contribution >= 4 is 121 Å².